The van der Waals surface area contributed by atoms with Crippen LogP contribution in [0.3, 0.4) is 0 Å². The number of fused-ring (bicyclic) bond motifs is 1. The Morgan fingerprint density at radius 3 is 2.39 bits per heavy atom. The number of carbonyl (C=O) groups is 1. The van der Waals surface area contributed by atoms with E-state index in [4.69, 9.17) is 14.2 Å². The van der Waals surface area contributed by atoms with Gasteiger partial charge in [0.15, 0.2) is 11.5 Å². The number of carbonyl (C=O) groups excluding carboxylic acids is 1. The molecule has 0 fully saturated rings. The third-order valence-corrected chi connectivity index (χ3v) is 5.92. The van der Waals surface area contributed by atoms with Crippen molar-refractivity contribution in [3.05, 3.63) is 59.8 Å². The highest BCUT2D eigenvalue weighted by atomic mass is 32.1. The maximum absolute atomic E-state index is 13.0. The molecule has 2 aromatic heterocycles. The monoisotopic (exact) mass is 435 g/mol. The maximum atomic E-state index is 13.0. The lowest BCUT2D eigenvalue weighted by Crippen LogP contribution is -2.13. The zero-order valence-electron chi connectivity index (χ0n) is 17.6. The van der Waals surface area contributed by atoms with Crippen molar-refractivity contribution >= 4 is 33.3 Å². The fourth-order valence-electron chi connectivity index (χ4n) is 3.29. The molecule has 4 rings (SSSR count). The Kier molecular flexibility index (Phi) is 5.73. The predicted molar refractivity (Wildman–Crippen MR) is 122 cm³/mol. The summed E-state index contributed by atoms with van der Waals surface area (Å²) >= 11 is 1.52. The molecule has 1 N–H and O–H groups in total. The van der Waals surface area contributed by atoms with Crippen LogP contribution in [-0.2, 0) is 0 Å². The Bertz CT molecular complexity index is 1210. The summed E-state index contributed by atoms with van der Waals surface area (Å²) < 4.78 is 16.0. The lowest BCUT2D eigenvalue weighted by atomic mass is 10.1. The van der Waals surface area contributed by atoms with Crippen molar-refractivity contribution in [2.45, 2.75) is 6.92 Å². The van der Waals surface area contributed by atoms with E-state index in [1.807, 2.05) is 37.3 Å². The van der Waals surface area contributed by atoms with E-state index in [2.05, 4.69) is 15.3 Å². The number of hydrogen-bond acceptors (Lipinski definition) is 7. The number of methoxy groups -OCH3 is 3. The minimum absolute atomic E-state index is 0.287. The zero-order chi connectivity index (χ0) is 22.0. The summed E-state index contributed by atoms with van der Waals surface area (Å²) in [6, 6.07) is 12.8. The largest absolute Gasteiger partial charge is 0.493 e. The van der Waals surface area contributed by atoms with E-state index < -0.39 is 0 Å². The summed E-state index contributed by atoms with van der Waals surface area (Å²) in [5, 5.41) is 3.84. The Hall–Kier alpha value is -3.65. The molecule has 0 unspecified atom stereocenters. The third kappa shape index (κ3) is 3.89. The molecule has 2 aromatic carbocycles. The van der Waals surface area contributed by atoms with Crippen LogP contribution < -0.4 is 19.5 Å². The number of thiazole rings is 1. The summed E-state index contributed by atoms with van der Waals surface area (Å²) in [5.41, 5.74) is 3.81. The van der Waals surface area contributed by atoms with Crippen LogP contribution in [0.25, 0.3) is 20.9 Å². The Balaban J connectivity index is 1.67. The standard InChI is InChI=1S/C23H21N3O4S/c1-13-15(22-26-17-9-6-10-24-23(17)31-22)7-5-8-16(13)25-21(27)14-11-18(28-2)20(30-4)19(12-14)29-3/h5-12H,1-4H3,(H,25,27). The van der Waals surface area contributed by atoms with Crippen LogP contribution in [0, 0.1) is 6.92 Å². The summed E-state index contributed by atoms with van der Waals surface area (Å²) in [7, 11) is 4.55. The number of benzene rings is 2. The van der Waals surface area contributed by atoms with E-state index in [-0.39, 0.29) is 5.91 Å². The Morgan fingerprint density at radius 1 is 1.00 bits per heavy atom. The van der Waals surface area contributed by atoms with Crippen LogP contribution in [0.2, 0.25) is 0 Å². The quantitative estimate of drug-likeness (QED) is 0.462. The molecule has 0 radical (unpaired) electrons. The second-order valence-corrected chi connectivity index (χ2v) is 7.67. The van der Waals surface area contributed by atoms with Crippen molar-refractivity contribution in [3.8, 4) is 27.8 Å². The van der Waals surface area contributed by atoms with Gasteiger partial charge in [0.1, 0.15) is 15.4 Å². The van der Waals surface area contributed by atoms with Crippen LogP contribution in [0.4, 0.5) is 5.69 Å². The van der Waals surface area contributed by atoms with Gasteiger partial charge >= 0.3 is 0 Å². The maximum Gasteiger partial charge on any atom is 0.255 e. The SMILES string of the molecule is COc1cc(C(=O)Nc2cccc(-c3nc4cccnc4s3)c2C)cc(OC)c1OC. The molecule has 0 bridgehead atoms. The van der Waals surface area contributed by atoms with Gasteiger partial charge in [-0.3, -0.25) is 4.79 Å². The van der Waals surface area contributed by atoms with Gasteiger partial charge in [0.05, 0.1) is 21.3 Å². The first-order valence-electron chi connectivity index (χ1n) is 9.48. The topological polar surface area (TPSA) is 82.6 Å². The number of ether oxygens (including phenoxy) is 3. The van der Waals surface area contributed by atoms with Crippen molar-refractivity contribution in [1.29, 1.82) is 0 Å². The van der Waals surface area contributed by atoms with E-state index in [1.165, 1.54) is 32.7 Å². The molecule has 0 atom stereocenters. The van der Waals surface area contributed by atoms with E-state index in [9.17, 15) is 4.79 Å². The Labute approximate surface area is 183 Å². The number of nitrogens with zero attached hydrogens (tertiary/aromatic N) is 2. The van der Waals surface area contributed by atoms with Gasteiger partial charge in [-0.25, -0.2) is 9.97 Å². The van der Waals surface area contributed by atoms with Crippen LogP contribution in [0.5, 0.6) is 17.2 Å². The van der Waals surface area contributed by atoms with Gasteiger partial charge < -0.3 is 19.5 Å². The normalized spacial score (nSPS) is 10.7. The van der Waals surface area contributed by atoms with Gasteiger partial charge in [-0.05, 0) is 42.8 Å². The van der Waals surface area contributed by atoms with Gasteiger partial charge in [0.25, 0.3) is 5.91 Å². The summed E-state index contributed by atoms with van der Waals surface area (Å²) in [4.78, 5) is 22.9. The lowest BCUT2D eigenvalue weighted by molar-refractivity contribution is 0.102. The minimum Gasteiger partial charge on any atom is -0.493 e. The molecule has 7 nitrogen and oxygen atoms in total. The summed E-state index contributed by atoms with van der Waals surface area (Å²) in [6.07, 6.45) is 1.76. The van der Waals surface area contributed by atoms with Gasteiger partial charge in [-0.15, -0.1) is 0 Å². The Morgan fingerprint density at radius 2 is 1.74 bits per heavy atom. The van der Waals surface area contributed by atoms with Crippen molar-refractivity contribution in [3.63, 3.8) is 0 Å². The smallest absolute Gasteiger partial charge is 0.255 e. The second kappa shape index (κ2) is 8.61. The first-order chi connectivity index (χ1) is 15.0. The van der Waals surface area contributed by atoms with Crippen molar-refractivity contribution in [2.24, 2.45) is 0 Å². The van der Waals surface area contributed by atoms with E-state index >= 15 is 0 Å². The van der Waals surface area contributed by atoms with Gasteiger partial charge in [-0.2, -0.15) is 0 Å². The number of nitrogens with one attached hydrogen (secondary N) is 1. The van der Waals surface area contributed by atoms with Crippen molar-refractivity contribution in [1.82, 2.24) is 9.97 Å². The average molecular weight is 436 g/mol. The molecule has 158 valence electrons. The van der Waals surface area contributed by atoms with E-state index in [0.717, 1.165) is 26.5 Å². The molecule has 2 heterocycles. The van der Waals surface area contributed by atoms with Crippen molar-refractivity contribution < 1.29 is 19.0 Å². The molecular formula is C23H21N3O4S. The highest BCUT2D eigenvalue weighted by Crippen LogP contribution is 2.39. The molecular weight excluding hydrogens is 414 g/mol. The first kappa shape index (κ1) is 20.6. The molecule has 0 saturated heterocycles. The lowest BCUT2D eigenvalue weighted by Gasteiger charge is -2.15. The van der Waals surface area contributed by atoms with Gasteiger partial charge in [0.2, 0.25) is 5.75 Å². The van der Waals surface area contributed by atoms with Gasteiger partial charge in [0, 0.05) is 23.0 Å². The van der Waals surface area contributed by atoms with Crippen molar-refractivity contribution in [2.75, 3.05) is 26.6 Å². The van der Waals surface area contributed by atoms with E-state index in [1.54, 1.807) is 18.3 Å². The molecule has 0 aliphatic heterocycles. The highest BCUT2D eigenvalue weighted by molar-refractivity contribution is 7.21. The first-order valence-corrected chi connectivity index (χ1v) is 10.3. The van der Waals surface area contributed by atoms with Crippen LogP contribution in [0.1, 0.15) is 15.9 Å². The number of anilines is 1. The average Bonchev–Trinajstić information content (AvgIpc) is 3.23. The third-order valence-electron chi connectivity index (χ3n) is 4.91. The fraction of sp³-hybridized carbons (Fsp3) is 0.174. The molecule has 31 heavy (non-hydrogen) atoms. The number of hydrogen-bond donors (Lipinski definition) is 1. The molecule has 8 heteroatoms. The van der Waals surface area contributed by atoms with Crippen LogP contribution >= 0.6 is 11.3 Å². The fourth-order valence-corrected chi connectivity index (χ4v) is 4.28. The molecule has 4 aromatic rings. The number of rotatable bonds is 6. The molecule has 0 aliphatic rings. The minimum atomic E-state index is -0.287. The van der Waals surface area contributed by atoms with Crippen LogP contribution in [0.15, 0.2) is 48.7 Å². The van der Waals surface area contributed by atoms with E-state index in [0.29, 0.717) is 28.5 Å². The van der Waals surface area contributed by atoms with Crippen LogP contribution in [-0.4, -0.2) is 37.2 Å². The molecule has 0 spiro atoms. The number of pyridine rings is 1. The second-order valence-electron chi connectivity index (χ2n) is 6.69. The highest BCUT2D eigenvalue weighted by Gasteiger charge is 2.18. The molecule has 1 amide bonds. The van der Waals surface area contributed by atoms with Gasteiger partial charge in [-0.1, -0.05) is 23.5 Å². The summed E-state index contributed by atoms with van der Waals surface area (Å²) in [6.45, 7) is 1.96. The number of amides is 1. The zero-order valence-corrected chi connectivity index (χ0v) is 18.4. The predicted octanol–water partition coefficient (Wildman–Crippen LogP) is 4.94. The molecule has 0 saturated carbocycles. The summed E-state index contributed by atoms with van der Waals surface area (Å²) in [5.74, 6) is 0.980. The molecule has 0 aliphatic carbocycles. The number of aromatic nitrogens is 2.